The minimum Gasteiger partial charge on any atom is -0.381 e. The summed E-state index contributed by atoms with van der Waals surface area (Å²) < 4.78 is 33.2. The average molecular weight is 431 g/mol. The maximum Gasteiger partial charge on any atom is 0.251 e. The fourth-order valence-corrected chi connectivity index (χ4v) is 4.91. The number of amides is 1. The van der Waals surface area contributed by atoms with E-state index in [2.05, 4.69) is 12.2 Å². The third-order valence-electron chi connectivity index (χ3n) is 5.22. The highest BCUT2D eigenvalue weighted by atomic mass is 32.2. The average Bonchev–Trinajstić information content (AvgIpc) is 2.78. The summed E-state index contributed by atoms with van der Waals surface area (Å²) in [6, 6.07) is 14.2. The molecule has 0 fully saturated rings. The van der Waals surface area contributed by atoms with Gasteiger partial charge in [0.25, 0.3) is 5.91 Å². The number of sulfonamides is 1. The molecule has 0 aliphatic carbocycles. The van der Waals surface area contributed by atoms with Crippen LogP contribution in [0.25, 0.3) is 0 Å². The van der Waals surface area contributed by atoms with E-state index >= 15 is 0 Å². The zero-order chi connectivity index (χ0) is 21.4. The van der Waals surface area contributed by atoms with Crippen LogP contribution < -0.4 is 5.32 Å². The van der Waals surface area contributed by atoms with Crippen molar-refractivity contribution < 1.29 is 17.9 Å². The lowest BCUT2D eigenvalue weighted by molar-refractivity contribution is 0.0940. The van der Waals surface area contributed by atoms with Crippen LogP contribution >= 0.6 is 0 Å². The summed E-state index contributed by atoms with van der Waals surface area (Å²) in [7, 11) is -3.67. The third kappa shape index (κ3) is 5.68. The molecule has 0 saturated carbocycles. The molecular formula is C23H30N2O4S. The number of benzene rings is 2. The minimum absolute atomic E-state index is 0.150. The molecule has 1 aliphatic heterocycles. The van der Waals surface area contributed by atoms with Crippen molar-refractivity contribution in [3.05, 3.63) is 65.2 Å². The van der Waals surface area contributed by atoms with Crippen molar-refractivity contribution in [2.24, 2.45) is 0 Å². The Balaban J connectivity index is 1.60. The van der Waals surface area contributed by atoms with Crippen molar-refractivity contribution in [2.45, 2.75) is 44.0 Å². The SMILES string of the molecule is CCCCOCCCNC(=O)c1cccc(S(=O)(=O)N2CCc3ccccc3C2)c1. The van der Waals surface area contributed by atoms with Gasteiger partial charge >= 0.3 is 0 Å². The summed E-state index contributed by atoms with van der Waals surface area (Å²) in [5.74, 6) is -0.274. The van der Waals surface area contributed by atoms with E-state index < -0.39 is 10.0 Å². The second kappa shape index (κ2) is 10.7. The van der Waals surface area contributed by atoms with E-state index in [4.69, 9.17) is 4.74 Å². The molecule has 1 N–H and O–H groups in total. The molecule has 0 aromatic heterocycles. The van der Waals surface area contributed by atoms with Crippen LogP contribution in [0.2, 0.25) is 0 Å². The number of hydrogen-bond acceptors (Lipinski definition) is 4. The van der Waals surface area contributed by atoms with E-state index in [1.54, 1.807) is 18.2 Å². The summed E-state index contributed by atoms with van der Waals surface area (Å²) in [6.07, 6.45) is 3.55. The molecule has 0 saturated heterocycles. The molecule has 6 nitrogen and oxygen atoms in total. The van der Waals surface area contributed by atoms with Crippen molar-refractivity contribution in [1.29, 1.82) is 0 Å². The largest absolute Gasteiger partial charge is 0.381 e. The lowest BCUT2D eigenvalue weighted by Gasteiger charge is -2.28. The van der Waals surface area contributed by atoms with Gasteiger partial charge in [-0.15, -0.1) is 0 Å². The van der Waals surface area contributed by atoms with Crippen LogP contribution in [0.1, 0.15) is 47.7 Å². The summed E-state index contributed by atoms with van der Waals surface area (Å²) in [4.78, 5) is 12.6. The van der Waals surface area contributed by atoms with Gasteiger partial charge in [0.1, 0.15) is 0 Å². The number of unbranched alkanes of at least 4 members (excludes halogenated alkanes) is 1. The van der Waals surface area contributed by atoms with Gasteiger partial charge in [0.2, 0.25) is 10.0 Å². The molecule has 1 heterocycles. The number of ether oxygens (including phenoxy) is 1. The second-order valence-electron chi connectivity index (χ2n) is 7.46. The zero-order valence-corrected chi connectivity index (χ0v) is 18.3. The van der Waals surface area contributed by atoms with Crippen LogP contribution in [-0.4, -0.2) is 44.9 Å². The van der Waals surface area contributed by atoms with Crippen molar-refractivity contribution in [1.82, 2.24) is 9.62 Å². The number of nitrogens with one attached hydrogen (secondary N) is 1. The van der Waals surface area contributed by atoms with Crippen LogP contribution in [0.5, 0.6) is 0 Å². The van der Waals surface area contributed by atoms with Crippen LogP contribution in [-0.2, 0) is 27.7 Å². The Bertz CT molecular complexity index is 959. The van der Waals surface area contributed by atoms with Gasteiger partial charge in [-0.25, -0.2) is 8.42 Å². The van der Waals surface area contributed by atoms with Crippen molar-refractivity contribution in [2.75, 3.05) is 26.3 Å². The Labute approximate surface area is 179 Å². The fourth-order valence-electron chi connectivity index (χ4n) is 3.45. The molecule has 2 aromatic rings. The van der Waals surface area contributed by atoms with Gasteiger partial charge in [-0.3, -0.25) is 4.79 Å². The Kier molecular flexibility index (Phi) is 8.01. The highest BCUT2D eigenvalue weighted by Crippen LogP contribution is 2.25. The molecule has 0 unspecified atom stereocenters. The highest BCUT2D eigenvalue weighted by Gasteiger charge is 2.28. The molecule has 162 valence electrons. The molecule has 7 heteroatoms. The second-order valence-corrected chi connectivity index (χ2v) is 9.40. The lowest BCUT2D eigenvalue weighted by Crippen LogP contribution is -2.36. The van der Waals surface area contributed by atoms with Crippen LogP contribution in [0.4, 0.5) is 0 Å². The van der Waals surface area contributed by atoms with Gasteiger partial charge < -0.3 is 10.1 Å². The van der Waals surface area contributed by atoms with Gasteiger partial charge in [-0.2, -0.15) is 4.31 Å². The van der Waals surface area contributed by atoms with Crippen LogP contribution in [0, 0.1) is 0 Å². The lowest BCUT2D eigenvalue weighted by atomic mass is 10.0. The monoisotopic (exact) mass is 430 g/mol. The minimum atomic E-state index is -3.67. The first-order valence-electron chi connectivity index (χ1n) is 10.6. The van der Waals surface area contributed by atoms with E-state index in [9.17, 15) is 13.2 Å². The summed E-state index contributed by atoms with van der Waals surface area (Å²) in [5.41, 5.74) is 2.57. The van der Waals surface area contributed by atoms with Crippen molar-refractivity contribution in [3.63, 3.8) is 0 Å². The summed E-state index contributed by atoms with van der Waals surface area (Å²) >= 11 is 0. The number of carbonyl (C=O) groups excluding carboxylic acids is 1. The van der Waals surface area contributed by atoms with Gasteiger partial charge in [0, 0.05) is 38.4 Å². The normalized spacial score (nSPS) is 14.3. The number of hydrogen-bond donors (Lipinski definition) is 1. The first kappa shape index (κ1) is 22.5. The maximum absolute atomic E-state index is 13.1. The number of carbonyl (C=O) groups is 1. The quantitative estimate of drug-likeness (QED) is 0.587. The maximum atomic E-state index is 13.1. The predicted molar refractivity (Wildman–Crippen MR) is 117 cm³/mol. The molecule has 1 aliphatic rings. The van der Waals surface area contributed by atoms with Gasteiger partial charge in [-0.05, 0) is 48.6 Å². The molecular weight excluding hydrogens is 400 g/mol. The Morgan fingerprint density at radius 3 is 2.63 bits per heavy atom. The van der Waals surface area contributed by atoms with E-state index in [-0.39, 0.29) is 10.8 Å². The van der Waals surface area contributed by atoms with E-state index in [1.807, 2.05) is 24.3 Å². The van der Waals surface area contributed by atoms with Gasteiger partial charge in [-0.1, -0.05) is 43.7 Å². The Morgan fingerprint density at radius 1 is 1.07 bits per heavy atom. The molecule has 30 heavy (non-hydrogen) atoms. The third-order valence-corrected chi connectivity index (χ3v) is 7.06. The van der Waals surface area contributed by atoms with E-state index in [0.717, 1.165) is 31.4 Å². The Morgan fingerprint density at radius 2 is 1.83 bits per heavy atom. The smallest absolute Gasteiger partial charge is 0.251 e. The first-order chi connectivity index (χ1) is 14.5. The fraction of sp³-hybridized carbons (Fsp3) is 0.435. The summed E-state index contributed by atoms with van der Waals surface area (Å²) in [6.45, 7) is 4.74. The molecule has 2 aromatic carbocycles. The molecule has 0 atom stereocenters. The number of nitrogens with zero attached hydrogens (tertiary/aromatic N) is 1. The first-order valence-corrected chi connectivity index (χ1v) is 12.0. The molecule has 0 radical (unpaired) electrons. The number of fused-ring (bicyclic) bond motifs is 1. The van der Waals surface area contributed by atoms with Crippen molar-refractivity contribution >= 4 is 15.9 Å². The standard InChI is InChI=1S/C23H30N2O4S/c1-2-3-15-29-16-7-13-24-23(26)20-10-6-11-22(17-20)30(27,28)25-14-12-19-8-4-5-9-21(19)18-25/h4-6,8-11,17H,2-3,7,12-16,18H2,1H3,(H,24,26). The molecule has 3 rings (SSSR count). The predicted octanol–water partition coefficient (Wildman–Crippen LogP) is 3.37. The molecule has 0 spiro atoms. The molecule has 0 bridgehead atoms. The molecule has 1 amide bonds. The van der Waals surface area contributed by atoms with Gasteiger partial charge in [0.05, 0.1) is 4.90 Å². The Hall–Kier alpha value is -2.22. The van der Waals surface area contributed by atoms with Gasteiger partial charge in [0.15, 0.2) is 0 Å². The van der Waals surface area contributed by atoms with E-state index in [1.165, 1.54) is 15.9 Å². The number of rotatable bonds is 10. The van der Waals surface area contributed by atoms with Crippen LogP contribution in [0.3, 0.4) is 0 Å². The zero-order valence-electron chi connectivity index (χ0n) is 17.5. The van der Waals surface area contributed by atoms with Crippen LogP contribution in [0.15, 0.2) is 53.4 Å². The highest BCUT2D eigenvalue weighted by molar-refractivity contribution is 7.89. The summed E-state index contributed by atoms with van der Waals surface area (Å²) in [5, 5.41) is 2.83. The topological polar surface area (TPSA) is 75.7 Å². The van der Waals surface area contributed by atoms with E-state index in [0.29, 0.717) is 38.2 Å². The van der Waals surface area contributed by atoms with Crippen molar-refractivity contribution in [3.8, 4) is 0 Å².